The zero-order valence-electron chi connectivity index (χ0n) is 12.0. The molecule has 1 saturated heterocycles. The number of nitrogens with one attached hydrogen (secondary N) is 3. The number of carbonyl (C=O) groups excluding carboxylic acids is 2. The first-order chi connectivity index (χ1) is 10.1. The summed E-state index contributed by atoms with van der Waals surface area (Å²) in [5, 5.41) is 4.25. The highest BCUT2D eigenvalue weighted by Crippen LogP contribution is 2.05. The minimum atomic E-state index is -0.600. The Hall–Kier alpha value is -1.99. The van der Waals surface area contributed by atoms with Crippen LogP contribution in [0.3, 0.4) is 0 Å². The first-order valence-corrected chi connectivity index (χ1v) is 6.94. The van der Waals surface area contributed by atoms with Gasteiger partial charge in [-0.3, -0.25) is 15.0 Å². The van der Waals surface area contributed by atoms with Crippen molar-refractivity contribution < 1.29 is 18.9 Å². The van der Waals surface area contributed by atoms with E-state index in [9.17, 15) is 14.0 Å². The van der Waals surface area contributed by atoms with E-state index in [-0.39, 0.29) is 18.0 Å². The predicted octanol–water partition coefficient (Wildman–Crippen LogP) is -1.58. The molecular weight excluding hydrogens is 275 g/mol. The molecule has 7 heteroatoms. The first-order valence-electron chi connectivity index (χ1n) is 6.94. The van der Waals surface area contributed by atoms with Gasteiger partial charge in [-0.05, 0) is 12.1 Å². The van der Waals surface area contributed by atoms with E-state index in [1.807, 2.05) is 5.01 Å². The highest BCUT2D eigenvalue weighted by Gasteiger charge is 2.18. The molecule has 0 aromatic heterocycles. The molecular formula is C14H20FN4O2+. The number of hydrazine groups is 1. The molecule has 0 aliphatic carbocycles. The Labute approximate surface area is 122 Å². The molecule has 0 spiro atoms. The van der Waals surface area contributed by atoms with Crippen molar-refractivity contribution in [2.75, 3.05) is 39.8 Å². The molecule has 1 aliphatic rings. The third-order valence-electron chi connectivity index (χ3n) is 3.43. The number of rotatable bonds is 4. The lowest BCUT2D eigenvalue weighted by atomic mass is 10.2. The Morgan fingerprint density at radius 2 is 1.95 bits per heavy atom. The van der Waals surface area contributed by atoms with Crippen LogP contribution in [-0.2, 0) is 4.79 Å². The van der Waals surface area contributed by atoms with E-state index in [4.69, 9.17) is 0 Å². The van der Waals surface area contributed by atoms with Gasteiger partial charge < -0.3 is 10.2 Å². The van der Waals surface area contributed by atoms with Crippen molar-refractivity contribution >= 4 is 11.8 Å². The van der Waals surface area contributed by atoms with Crippen molar-refractivity contribution in [2.45, 2.75) is 0 Å². The quantitative estimate of drug-likeness (QED) is 0.628. The number of hydrogen-bond acceptors (Lipinski definition) is 3. The molecule has 114 valence electrons. The van der Waals surface area contributed by atoms with Crippen molar-refractivity contribution in [3.8, 4) is 0 Å². The van der Waals surface area contributed by atoms with E-state index in [0.29, 0.717) is 0 Å². The summed E-state index contributed by atoms with van der Waals surface area (Å²) in [5.41, 5.74) is 2.67. The lowest BCUT2D eigenvalue weighted by Crippen LogP contribution is -3.12. The molecule has 6 nitrogen and oxygen atoms in total. The summed E-state index contributed by atoms with van der Waals surface area (Å²) >= 11 is 0. The zero-order valence-corrected chi connectivity index (χ0v) is 12.0. The third kappa shape index (κ3) is 4.51. The fraction of sp³-hybridized carbons (Fsp3) is 0.429. The second-order valence-electron chi connectivity index (χ2n) is 5.14. The number of carbonyl (C=O) groups is 2. The van der Waals surface area contributed by atoms with Gasteiger partial charge in [0.05, 0.1) is 45.3 Å². The molecule has 1 aliphatic heterocycles. The van der Waals surface area contributed by atoms with Gasteiger partial charge in [-0.25, -0.2) is 9.40 Å². The van der Waals surface area contributed by atoms with E-state index < -0.39 is 11.7 Å². The molecule has 0 radical (unpaired) electrons. The molecule has 2 rings (SSSR count). The van der Waals surface area contributed by atoms with E-state index in [1.165, 1.54) is 23.1 Å². The summed E-state index contributed by atoms with van der Waals surface area (Å²) in [7, 11) is 2.10. The van der Waals surface area contributed by atoms with E-state index in [2.05, 4.69) is 17.8 Å². The fourth-order valence-corrected chi connectivity index (χ4v) is 2.12. The summed E-state index contributed by atoms with van der Waals surface area (Å²) in [5.74, 6) is -1.50. The number of halogens is 1. The van der Waals surface area contributed by atoms with Crippen LogP contribution in [0.25, 0.3) is 0 Å². The van der Waals surface area contributed by atoms with Crippen LogP contribution in [0.15, 0.2) is 24.3 Å². The van der Waals surface area contributed by atoms with Crippen LogP contribution in [0.5, 0.6) is 0 Å². The van der Waals surface area contributed by atoms with Crippen LogP contribution < -0.4 is 15.6 Å². The SMILES string of the molecule is C[NH+]1CCN(NC(=O)CNC(=O)c2ccccc2F)CC1. The lowest BCUT2D eigenvalue weighted by molar-refractivity contribution is -0.884. The largest absolute Gasteiger partial charge is 0.343 e. The number of nitrogens with zero attached hydrogens (tertiary/aromatic N) is 1. The Bertz CT molecular complexity index is 515. The molecule has 0 saturated carbocycles. The van der Waals surface area contributed by atoms with E-state index >= 15 is 0 Å². The van der Waals surface area contributed by atoms with E-state index in [1.54, 1.807) is 6.07 Å². The average Bonchev–Trinajstić information content (AvgIpc) is 2.48. The summed E-state index contributed by atoms with van der Waals surface area (Å²) in [4.78, 5) is 24.9. The summed E-state index contributed by atoms with van der Waals surface area (Å²) < 4.78 is 13.4. The molecule has 1 fully saturated rings. The Morgan fingerprint density at radius 1 is 1.29 bits per heavy atom. The summed E-state index contributed by atoms with van der Waals surface area (Å²) in [6, 6.07) is 5.67. The maximum Gasteiger partial charge on any atom is 0.254 e. The Morgan fingerprint density at radius 3 is 2.62 bits per heavy atom. The van der Waals surface area contributed by atoms with Crippen LogP contribution >= 0.6 is 0 Å². The van der Waals surface area contributed by atoms with Gasteiger partial charge >= 0.3 is 0 Å². The van der Waals surface area contributed by atoms with Gasteiger partial charge in [0.1, 0.15) is 5.82 Å². The van der Waals surface area contributed by atoms with Gasteiger partial charge in [0.2, 0.25) is 0 Å². The summed E-state index contributed by atoms with van der Waals surface area (Å²) in [6.45, 7) is 3.30. The van der Waals surface area contributed by atoms with Crippen molar-refractivity contribution in [1.82, 2.24) is 15.8 Å². The molecule has 21 heavy (non-hydrogen) atoms. The van der Waals surface area contributed by atoms with Gasteiger partial charge in [0, 0.05) is 0 Å². The number of amides is 2. The van der Waals surface area contributed by atoms with Crippen LogP contribution in [0.4, 0.5) is 4.39 Å². The Kier molecular flexibility index (Phi) is 5.24. The molecule has 1 heterocycles. The van der Waals surface area contributed by atoms with Crippen LogP contribution in [-0.4, -0.2) is 56.6 Å². The molecule has 2 amide bonds. The maximum absolute atomic E-state index is 13.4. The highest BCUT2D eigenvalue weighted by atomic mass is 19.1. The predicted molar refractivity (Wildman–Crippen MR) is 75.1 cm³/mol. The minimum absolute atomic E-state index is 0.0616. The van der Waals surface area contributed by atoms with Gasteiger partial charge in [-0.1, -0.05) is 12.1 Å². The molecule has 0 atom stereocenters. The standard InChI is InChI=1S/C14H19FN4O2/c1-18-6-8-19(9-7-18)17-13(20)10-16-14(21)11-4-2-3-5-12(11)15/h2-5H,6-10H2,1H3,(H,16,21)(H,17,20)/p+1. The third-order valence-corrected chi connectivity index (χ3v) is 3.43. The normalized spacial score (nSPS) is 16.5. The van der Waals surface area contributed by atoms with Gasteiger partial charge in [-0.2, -0.15) is 0 Å². The molecule has 3 N–H and O–H groups in total. The van der Waals surface area contributed by atoms with Gasteiger partial charge in [0.15, 0.2) is 0 Å². The number of hydrogen-bond donors (Lipinski definition) is 3. The molecule has 1 aromatic carbocycles. The smallest absolute Gasteiger partial charge is 0.254 e. The fourth-order valence-electron chi connectivity index (χ4n) is 2.12. The number of piperazine rings is 1. The van der Waals surface area contributed by atoms with E-state index in [0.717, 1.165) is 26.2 Å². The van der Waals surface area contributed by atoms with Gasteiger partial charge in [-0.15, -0.1) is 0 Å². The Balaban J connectivity index is 1.76. The number of quaternary nitrogens is 1. The van der Waals surface area contributed by atoms with Crippen molar-refractivity contribution in [1.29, 1.82) is 0 Å². The average molecular weight is 295 g/mol. The van der Waals surface area contributed by atoms with Crippen LogP contribution in [0.2, 0.25) is 0 Å². The highest BCUT2D eigenvalue weighted by molar-refractivity contribution is 5.96. The molecule has 1 aromatic rings. The van der Waals surface area contributed by atoms with Crippen LogP contribution in [0.1, 0.15) is 10.4 Å². The van der Waals surface area contributed by atoms with Gasteiger partial charge in [0.25, 0.3) is 11.8 Å². The summed E-state index contributed by atoms with van der Waals surface area (Å²) in [6.07, 6.45) is 0. The second kappa shape index (κ2) is 7.14. The topological polar surface area (TPSA) is 65.9 Å². The van der Waals surface area contributed by atoms with Crippen molar-refractivity contribution in [2.24, 2.45) is 0 Å². The monoisotopic (exact) mass is 295 g/mol. The molecule has 0 unspecified atom stereocenters. The second-order valence-corrected chi connectivity index (χ2v) is 5.14. The number of benzene rings is 1. The van der Waals surface area contributed by atoms with Crippen molar-refractivity contribution in [3.63, 3.8) is 0 Å². The number of likely N-dealkylation sites (N-methyl/N-ethyl adjacent to an activating group) is 1. The first kappa shape index (κ1) is 15.4. The maximum atomic E-state index is 13.4. The van der Waals surface area contributed by atoms with Crippen LogP contribution in [0, 0.1) is 5.82 Å². The zero-order chi connectivity index (χ0) is 15.2. The lowest BCUT2D eigenvalue weighted by Gasteiger charge is -2.30. The van der Waals surface area contributed by atoms with Crippen molar-refractivity contribution in [3.05, 3.63) is 35.6 Å². The minimum Gasteiger partial charge on any atom is -0.343 e. The molecule has 0 bridgehead atoms.